The number of anilines is 1. The van der Waals surface area contributed by atoms with E-state index in [1.165, 1.54) is 12.8 Å². The van der Waals surface area contributed by atoms with Crippen LogP contribution in [0.15, 0.2) is 23.2 Å². The quantitative estimate of drug-likeness (QED) is 0.900. The highest BCUT2D eigenvalue weighted by Crippen LogP contribution is 2.27. The van der Waals surface area contributed by atoms with E-state index in [1.54, 1.807) is 7.11 Å². The number of thioether (sulfide) groups is 1. The zero-order valence-corrected chi connectivity index (χ0v) is 12.0. The van der Waals surface area contributed by atoms with Gasteiger partial charge in [-0.15, -0.1) is 0 Å². The number of methoxy groups -OCH3 is 1. The molecule has 0 radical (unpaired) electrons. The van der Waals surface area contributed by atoms with Gasteiger partial charge in [0, 0.05) is 10.9 Å². The summed E-state index contributed by atoms with van der Waals surface area (Å²) in [4.78, 5) is 4.54. The molecule has 1 aliphatic rings. The maximum absolute atomic E-state index is 5.26. The first kappa shape index (κ1) is 13.3. The Morgan fingerprint density at radius 1 is 1.50 bits per heavy atom. The lowest BCUT2D eigenvalue weighted by Crippen LogP contribution is -2.07. The molecule has 1 aliphatic heterocycles. The number of nitrogens with one attached hydrogen (secondary N) is 1. The van der Waals surface area contributed by atoms with Crippen molar-refractivity contribution in [1.29, 1.82) is 0 Å². The molecule has 0 aliphatic carbocycles. The monoisotopic (exact) mass is 264 g/mol. The van der Waals surface area contributed by atoms with Gasteiger partial charge in [-0.3, -0.25) is 4.99 Å². The number of aliphatic imine (C=N–C) groups is 1. The molecule has 4 heteroatoms. The number of rotatable bonds is 4. The van der Waals surface area contributed by atoms with Gasteiger partial charge in [0.15, 0.2) is 5.17 Å². The molecule has 0 saturated carbocycles. The highest BCUT2D eigenvalue weighted by molar-refractivity contribution is 8.15. The summed E-state index contributed by atoms with van der Waals surface area (Å²) in [6.07, 6.45) is 2.46. The van der Waals surface area contributed by atoms with Gasteiger partial charge in [-0.2, -0.15) is 0 Å². The van der Waals surface area contributed by atoms with Crippen LogP contribution in [0.4, 0.5) is 5.69 Å². The fourth-order valence-corrected chi connectivity index (χ4v) is 3.18. The normalized spacial score (nSPS) is 18.6. The number of benzene rings is 1. The maximum atomic E-state index is 5.26. The Morgan fingerprint density at radius 3 is 3.00 bits per heavy atom. The summed E-state index contributed by atoms with van der Waals surface area (Å²) in [5, 5.41) is 5.07. The molecule has 1 unspecified atom stereocenters. The van der Waals surface area contributed by atoms with Gasteiger partial charge >= 0.3 is 0 Å². The third kappa shape index (κ3) is 3.19. The first-order valence-electron chi connectivity index (χ1n) is 6.35. The predicted molar refractivity (Wildman–Crippen MR) is 79.9 cm³/mol. The van der Waals surface area contributed by atoms with E-state index in [0.717, 1.165) is 28.7 Å². The zero-order valence-electron chi connectivity index (χ0n) is 11.2. The molecule has 0 saturated heterocycles. The van der Waals surface area contributed by atoms with Crippen molar-refractivity contribution in [2.45, 2.75) is 31.9 Å². The maximum Gasteiger partial charge on any atom is 0.161 e. The largest absolute Gasteiger partial charge is 0.496 e. The van der Waals surface area contributed by atoms with Gasteiger partial charge < -0.3 is 10.1 Å². The molecule has 18 heavy (non-hydrogen) atoms. The van der Waals surface area contributed by atoms with Gasteiger partial charge in [-0.1, -0.05) is 25.1 Å². The highest BCUT2D eigenvalue weighted by Gasteiger charge is 2.18. The first-order chi connectivity index (χ1) is 8.72. The number of nitrogens with zero attached hydrogens (tertiary/aromatic N) is 1. The van der Waals surface area contributed by atoms with Gasteiger partial charge in [0.1, 0.15) is 5.75 Å². The number of amidine groups is 1. The van der Waals surface area contributed by atoms with Crippen LogP contribution in [0.5, 0.6) is 5.75 Å². The fourth-order valence-electron chi connectivity index (χ4n) is 2.04. The van der Waals surface area contributed by atoms with Crippen LogP contribution in [-0.2, 0) is 0 Å². The summed E-state index contributed by atoms with van der Waals surface area (Å²) in [7, 11) is 1.70. The van der Waals surface area contributed by atoms with E-state index in [1.807, 2.05) is 30.8 Å². The summed E-state index contributed by atoms with van der Waals surface area (Å²) in [6, 6.07) is 6.11. The van der Waals surface area contributed by atoms with Crippen LogP contribution >= 0.6 is 11.8 Å². The van der Waals surface area contributed by atoms with E-state index in [2.05, 4.69) is 23.3 Å². The van der Waals surface area contributed by atoms with Crippen LogP contribution in [0.25, 0.3) is 0 Å². The second-order valence-corrected chi connectivity index (χ2v) is 5.77. The van der Waals surface area contributed by atoms with Crippen molar-refractivity contribution in [2.24, 2.45) is 4.99 Å². The van der Waals surface area contributed by atoms with Crippen LogP contribution in [0, 0.1) is 6.92 Å². The minimum absolute atomic E-state index is 0.650. The average molecular weight is 264 g/mol. The van der Waals surface area contributed by atoms with E-state index in [4.69, 9.17) is 4.74 Å². The Morgan fingerprint density at radius 2 is 2.33 bits per heavy atom. The Balaban J connectivity index is 1.96. The fraction of sp³-hybridized carbons (Fsp3) is 0.500. The second-order valence-electron chi connectivity index (χ2n) is 4.48. The van der Waals surface area contributed by atoms with E-state index in [-0.39, 0.29) is 0 Å². The van der Waals surface area contributed by atoms with E-state index >= 15 is 0 Å². The molecule has 0 fully saturated rings. The molecule has 0 aromatic heterocycles. The lowest BCUT2D eigenvalue weighted by atomic mass is 10.2. The van der Waals surface area contributed by atoms with E-state index in [0.29, 0.717) is 5.25 Å². The Kier molecular flexibility index (Phi) is 4.53. The number of ether oxygens (including phenoxy) is 1. The first-order valence-corrected chi connectivity index (χ1v) is 7.23. The van der Waals surface area contributed by atoms with Crippen molar-refractivity contribution in [3.63, 3.8) is 0 Å². The summed E-state index contributed by atoms with van der Waals surface area (Å²) >= 11 is 1.85. The van der Waals surface area contributed by atoms with Crippen LogP contribution in [-0.4, -0.2) is 24.1 Å². The van der Waals surface area contributed by atoms with Crippen molar-refractivity contribution in [3.05, 3.63) is 23.8 Å². The van der Waals surface area contributed by atoms with Crippen LogP contribution in [0.2, 0.25) is 0 Å². The second kappa shape index (κ2) is 6.14. The molecule has 98 valence electrons. The molecular formula is C14H20N2OS. The summed E-state index contributed by atoms with van der Waals surface area (Å²) < 4.78 is 5.26. The molecule has 1 aromatic rings. The van der Waals surface area contributed by atoms with Crippen molar-refractivity contribution in [1.82, 2.24) is 0 Å². The minimum atomic E-state index is 0.650. The molecule has 1 N–H and O–H groups in total. The lowest BCUT2D eigenvalue weighted by Gasteiger charge is -2.10. The third-order valence-electron chi connectivity index (χ3n) is 2.97. The van der Waals surface area contributed by atoms with Gasteiger partial charge in [-0.05, 0) is 37.1 Å². The van der Waals surface area contributed by atoms with Crippen molar-refractivity contribution >= 4 is 22.6 Å². The molecule has 3 nitrogen and oxygen atoms in total. The van der Waals surface area contributed by atoms with Crippen molar-refractivity contribution < 1.29 is 4.74 Å². The minimum Gasteiger partial charge on any atom is -0.496 e. The standard InChI is InChI=1S/C14H20N2OS/c1-4-5-12-9-15-14(18-12)16-11-6-7-13(17-3)10(2)8-11/h6-8,12H,4-5,9H2,1-3H3,(H,15,16). The summed E-state index contributed by atoms with van der Waals surface area (Å²) in [6.45, 7) is 5.21. The molecule has 0 bridgehead atoms. The van der Waals surface area contributed by atoms with Gasteiger partial charge in [-0.25, -0.2) is 0 Å². The SMILES string of the molecule is CCCC1CN=C(Nc2ccc(OC)c(C)c2)S1. The van der Waals surface area contributed by atoms with Crippen molar-refractivity contribution in [2.75, 3.05) is 19.0 Å². The lowest BCUT2D eigenvalue weighted by molar-refractivity contribution is 0.412. The van der Waals surface area contributed by atoms with E-state index < -0.39 is 0 Å². The average Bonchev–Trinajstić information content (AvgIpc) is 2.77. The number of hydrogen-bond acceptors (Lipinski definition) is 4. The van der Waals surface area contributed by atoms with E-state index in [9.17, 15) is 0 Å². The zero-order chi connectivity index (χ0) is 13.0. The molecule has 1 atom stereocenters. The van der Waals surface area contributed by atoms with Crippen molar-refractivity contribution in [3.8, 4) is 5.75 Å². The molecule has 2 rings (SSSR count). The summed E-state index contributed by atoms with van der Waals surface area (Å²) in [5.41, 5.74) is 2.22. The van der Waals surface area contributed by atoms with Gasteiger partial charge in [0.2, 0.25) is 0 Å². The molecule has 1 heterocycles. The Hall–Kier alpha value is -1.16. The third-order valence-corrected chi connectivity index (χ3v) is 4.15. The summed E-state index contributed by atoms with van der Waals surface area (Å²) in [5.74, 6) is 0.922. The van der Waals surface area contributed by atoms with Crippen LogP contribution in [0.3, 0.4) is 0 Å². The predicted octanol–water partition coefficient (Wildman–Crippen LogP) is 3.69. The Labute approximate surface area is 113 Å². The highest BCUT2D eigenvalue weighted by atomic mass is 32.2. The van der Waals surface area contributed by atoms with Gasteiger partial charge in [0.05, 0.1) is 13.7 Å². The molecule has 0 amide bonds. The number of aryl methyl sites for hydroxylation is 1. The van der Waals surface area contributed by atoms with Gasteiger partial charge in [0.25, 0.3) is 0 Å². The van der Waals surface area contributed by atoms with Crippen LogP contribution < -0.4 is 10.1 Å². The molecule has 1 aromatic carbocycles. The topological polar surface area (TPSA) is 33.6 Å². The molecule has 0 spiro atoms. The van der Waals surface area contributed by atoms with Crippen LogP contribution in [0.1, 0.15) is 25.3 Å². The number of hydrogen-bond donors (Lipinski definition) is 1. The Bertz CT molecular complexity index is 445. The smallest absolute Gasteiger partial charge is 0.161 e. The molecular weight excluding hydrogens is 244 g/mol.